The summed E-state index contributed by atoms with van der Waals surface area (Å²) in [7, 11) is 0.204. The SMILES string of the molecule is CC#CCOc1nc2nc(S(=O)Cc3nccc(OC)c3C)[nH]c2cc1C. The van der Waals surface area contributed by atoms with Crippen molar-refractivity contribution < 1.29 is 13.7 Å². The van der Waals surface area contributed by atoms with Gasteiger partial charge in [0.05, 0.1) is 34.9 Å². The van der Waals surface area contributed by atoms with Gasteiger partial charge in [-0.1, -0.05) is 5.92 Å². The van der Waals surface area contributed by atoms with Gasteiger partial charge in [0.2, 0.25) is 5.88 Å². The predicted octanol–water partition coefficient (Wildman–Crippen LogP) is 2.69. The Hall–Kier alpha value is -2.92. The average molecular weight is 384 g/mol. The summed E-state index contributed by atoms with van der Waals surface area (Å²) in [4.78, 5) is 16.2. The molecule has 0 saturated heterocycles. The summed E-state index contributed by atoms with van der Waals surface area (Å²) in [6, 6.07) is 3.65. The van der Waals surface area contributed by atoms with E-state index >= 15 is 0 Å². The molecule has 8 heteroatoms. The van der Waals surface area contributed by atoms with Crippen LogP contribution in [-0.4, -0.2) is 37.9 Å². The van der Waals surface area contributed by atoms with Crippen LogP contribution in [0.3, 0.4) is 0 Å². The van der Waals surface area contributed by atoms with Gasteiger partial charge in [0.25, 0.3) is 0 Å². The molecule has 0 amide bonds. The fourth-order valence-corrected chi connectivity index (χ4v) is 3.64. The molecular formula is C19H20N4O3S. The van der Waals surface area contributed by atoms with Crippen LogP contribution >= 0.6 is 0 Å². The number of hydrogen-bond acceptors (Lipinski definition) is 6. The zero-order valence-corrected chi connectivity index (χ0v) is 16.4. The molecule has 0 saturated carbocycles. The second-order valence-corrected chi connectivity index (χ2v) is 7.18. The van der Waals surface area contributed by atoms with Crippen LogP contribution in [0.5, 0.6) is 11.6 Å². The molecule has 0 aliphatic rings. The van der Waals surface area contributed by atoms with Gasteiger partial charge in [0.1, 0.15) is 5.75 Å². The van der Waals surface area contributed by atoms with Gasteiger partial charge in [-0.2, -0.15) is 4.98 Å². The number of hydrogen-bond donors (Lipinski definition) is 1. The molecule has 3 aromatic rings. The lowest BCUT2D eigenvalue weighted by Gasteiger charge is -2.08. The minimum absolute atomic E-state index is 0.233. The lowest BCUT2D eigenvalue weighted by atomic mass is 10.2. The third-order valence-corrected chi connectivity index (χ3v) is 5.18. The number of pyridine rings is 2. The maximum atomic E-state index is 12.8. The molecule has 1 unspecified atom stereocenters. The maximum absolute atomic E-state index is 12.8. The molecular weight excluding hydrogens is 364 g/mol. The molecule has 3 rings (SSSR count). The van der Waals surface area contributed by atoms with E-state index in [1.165, 1.54) is 0 Å². The second-order valence-electron chi connectivity index (χ2n) is 5.81. The summed E-state index contributed by atoms with van der Waals surface area (Å²) < 4.78 is 23.6. The van der Waals surface area contributed by atoms with Crippen LogP contribution in [0.4, 0.5) is 0 Å². The van der Waals surface area contributed by atoms with E-state index in [1.54, 1.807) is 26.3 Å². The molecule has 3 heterocycles. The normalized spacial score (nSPS) is 11.7. The first-order chi connectivity index (χ1) is 13.0. The van der Waals surface area contributed by atoms with Crippen molar-refractivity contribution in [3.8, 4) is 23.5 Å². The molecule has 0 bridgehead atoms. The van der Waals surface area contributed by atoms with Crippen molar-refractivity contribution in [3.63, 3.8) is 0 Å². The molecule has 27 heavy (non-hydrogen) atoms. The molecule has 1 atom stereocenters. The minimum Gasteiger partial charge on any atom is -0.496 e. The second kappa shape index (κ2) is 8.18. The number of aryl methyl sites for hydroxylation is 1. The monoisotopic (exact) mass is 384 g/mol. The number of aromatic nitrogens is 4. The Labute approximate surface area is 160 Å². The van der Waals surface area contributed by atoms with Crippen molar-refractivity contribution in [2.24, 2.45) is 0 Å². The smallest absolute Gasteiger partial charge is 0.219 e. The van der Waals surface area contributed by atoms with Crippen molar-refractivity contribution in [2.45, 2.75) is 31.7 Å². The Morgan fingerprint density at radius 1 is 1.30 bits per heavy atom. The zero-order chi connectivity index (χ0) is 19.4. The van der Waals surface area contributed by atoms with E-state index in [-0.39, 0.29) is 12.4 Å². The van der Waals surface area contributed by atoms with E-state index in [9.17, 15) is 4.21 Å². The van der Waals surface area contributed by atoms with Gasteiger partial charge in [-0.25, -0.2) is 4.98 Å². The quantitative estimate of drug-likeness (QED) is 0.657. The average Bonchev–Trinajstić information content (AvgIpc) is 3.06. The number of fused-ring (bicyclic) bond motifs is 1. The van der Waals surface area contributed by atoms with Crippen LogP contribution in [-0.2, 0) is 16.6 Å². The number of rotatable bonds is 6. The van der Waals surface area contributed by atoms with Crippen LogP contribution < -0.4 is 9.47 Å². The fraction of sp³-hybridized carbons (Fsp3) is 0.316. The van der Waals surface area contributed by atoms with E-state index < -0.39 is 10.8 Å². The van der Waals surface area contributed by atoms with E-state index in [2.05, 4.69) is 31.8 Å². The van der Waals surface area contributed by atoms with Crippen LogP contribution in [0.25, 0.3) is 11.2 Å². The number of nitrogens with zero attached hydrogens (tertiary/aromatic N) is 3. The van der Waals surface area contributed by atoms with Gasteiger partial charge in [-0.05, 0) is 32.9 Å². The zero-order valence-electron chi connectivity index (χ0n) is 15.6. The Kier molecular flexibility index (Phi) is 5.72. The Morgan fingerprint density at radius 3 is 2.85 bits per heavy atom. The van der Waals surface area contributed by atoms with E-state index in [1.807, 2.05) is 19.9 Å². The van der Waals surface area contributed by atoms with Crippen molar-refractivity contribution in [3.05, 3.63) is 35.2 Å². The highest BCUT2D eigenvalue weighted by atomic mass is 32.2. The first-order valence-corrected chi connectivity index (χ1v) is 9.62. The molecule has 0 fully saturated rings. The molecule has 7 nitrogen and oxygen atoms in total. The number of imidazole rings is 1. The summed E-state index contributed by atoms with van der Waals surface area (Å²) in [5.74, 6) is 7.02. The van der Waals surface area contributed by atoms with Crippen molar-refractivity contribution >= 4 is 22.0 Å². The topological polar surface area (TPSA) is 90.0 Å². The van der Waals surface area contributed by atoms with E-state index in [0.717, 1.165) is 16.9 Å². The first-order valence-electron chi connectivity index (χ1n) is 8.30. The van der Waals surface area contributed by atoms with Crippen LogP contribution in [0.1, 0.15) is 23.7 Å². The molecule has 0 aliphatic carbocycles. The number of aromatic amines is 1. The third kappa shape index (κ3) is 4.09. The molecule has 3 aromatic heterocycles. The van der Waals surface area contributed by atoms with Crippen molar-refractivity contribution in [2.75, 3.05) is 13.7 Å². The highest BCUT2D eigenvalue weighted by molar-refractivity contribution is 7.84. The van der Waals surface area contributed by atoms with Crippen LogP contribution in [0, 0.1) is 25.7 Å². The molecule has 140 valence electrons. The number of nitrogens with one attached hydrogen (secondary N) is 1. The standard InChI is InChI=1S/C19H20N4O3S/c1-5-6-9-26-18-12(2)10-14-17(22-18)23-19(21-14)27(24)11-15-13(3)16(25-4)7-8-20-15/h7-8,10H,9,11H2,1-4H3,(H,21,22,23). The number of methoxy groups -OCH3 is 1. The highest BCUT2D eigenvalue weighted by Gasteiger charge is 2.16. The van der Waals surface area contributed by atoms with Gasteiger partial charge in [-0.15, -0.1) is 5.92 Å². The number of ether oxygens (including phenoxy) is 2. The molecule has 1 N–H and O–H groups in total. The largest absolute Gasteiger partial charge is 0.496 e. The van der Waals surface area contributed by atoms with Crippen LogP contribution in [0.15, 0.2) is 23.5 Å². The predicted molar refractivity (Wildman–Crippen MR) is 103 cm³/mol. The third-order valence-electron chi connectivity index (χ3n) is 4.02. The summed E-state index contributed by atoms with van der Waals surface area (Å²) in [5, 5.41) is 0.353. The Bertz CT molecular complexity index is 1070. The maximum Gasteiger partial charge on any atom is 0.219 e. The van der Waals surface area contributed by atoms with Gasteiger partial charge < -0.3 is 14.5 Å². The Morgan fingerprint density at radius 2 is 2.11 bits per heavy atom. The summed E-state index contributed by atoms with van der Waals surface area (Å²) >= 11 is 0. The van der Waals surface area contributed by atoms with E-state index in [4.69, 9.17) is 9.47 Å². The first kappa shape index (κ1) is 18.9. The van der Waals surface area contributed by atoms with Crippen molar-refractivity contribution in [1.82, 2.24) is 19.9 Å². The summed E-state index contributed by atoms with van der Waals surface area (Å²) in [5.41, 5.74) is 3.59. The summed E-state index contributed by atoms with van der Waals surface area (Å²) in [6.45, 7) is 5.80. The van der Waals surface area contributed by atoms with Gasteiger partial charge in [-0.3, -0.25) is 9.19 Å². The van der Waals surface area contributed by atoms with Crippen molar-refractivity contribution in [1.29, 1.82) is 0 Å². The van der Waals surface area contributed by atoms with Gasteiger partial charge >= 0.3 is 0 Å². The highest BCUT2D eigenvalue weighted by Crippen LogP contribution is 2.23. The fourth-order valence-electron chi connectivity index (χ4n) is 2.55. The molecule has 0 spiro atoms. The Balaban J connectivity index is 1.86. The van der Waals surface area contributed by atoms with Crippen LogP contribution in [0.2, 0.25) is 0 Å². The van der Waals surface area contributed by atoms with E-state index in [0.29, 0.717) is 27.9 Å². The number of H-pyrrole nitrogens is 1. The lowest BCUT2D eigenvalue weighted by molar-refractivity contribution is 0.354. The molecule has 0 aliphatic heterocycles. The molecule has 0 radical (unpaired) electrons. The summed E-state index contributed by atoms with van der Waals surface area (Å²) in [6.07, 6.45) is 1.64. The lowest BCUT2D eigenvalue weighted by Crippen LogP contribution is -2.03. The molecule has 0 aromatic carbocycles. The van der Waals surface area contributed by atoms with Gasteiger partial charge in [0.15, 0.2) is 17.4 Å². The van der Waals surface area contributed by atoms with Gasteiger partial charge in [0, 0.05) is 17.3 Å². The minimum atomic E-state index is -1.40.